The summed E-state index contributed by atoms with van der Waals surface area (Å²) in [4.78, 5) is 0. The van der Waals surface area contributed by atoms with E-state index in [0.717, 1.165) is 11.1 Å². The molecule has 2 aliphatic rings. The van der Waals surface area contributed by atoms with Gasteiger partial charge in [-0.3, -0.25) is 0 Å². The normalized spacial score (nSPS) is 18.6. The molecule has 0 amide bonds. The molecule has 25 heavy (non-hydrogen) atoms. The molecular weight excluding hydrogens is 368 g/mol. The molecule has 0 atom stereocenters. The Morgan fingerprint density at radius 2 is 1.52 bits per heavy atom. The van der Waals surface area contributed by atoms with Crippen LogP contribution in [-0.4, -0.2) is 41.7 Å². The Bertz CT molecular complexity index is 611. The van der Waals surface area contributed by atoms with Gasteiger partial charge in [-0.15, -0.1) is 0 Å². The maximum absolute atomic E-state index is 11.1. The minimum absolute atomic E-state index is 0. The summed E-state index contributed by atoms with van der Waals surface area (Å²) in [5.74, 6) is -0.621. The molecule has 6 nitrogen and oxygen atoms in total. The fraction of sp³-hybridized carbons (Fsp3) is 0.333. The maximum Gasteiger partial charge on any atom is 2.00 e. The smallest absolute Gasteiger partial charge is 0.616 e. The molecule has 0 saturated heterocycles. The van der Waals surface area contributed by atoms with Crippen molar-refractivity contribution < 1.29 is 46.2 Å². The van der Waals surface area contributed by atoms with E-state index in [1.54, 1.807) is 38.5 Å². The Labute approximate surface area is 158 Å². The summed E-state index contributed by atoms with van der Waals surface area (Å²) in [6.07, 6.45) is 10.7. The van der Waals surface area contributed by atoms with E-state index in [-0.39, 0.29) is 29.0 Å². The predicted molar refractivity (Wildman–Crippen MR) is 86.3 cm³/mol. The van der Waals surface area contributed by atoms with Gasteiger partial charge in [-0.1, -0.05) is 30.4 Å². The van der Waals surface area contributed by atoms with Gasteiger partial charge in [-0.2, -0.15) is 0 Å². The van der Waals surface area contributed by atoms with Crippen LogP contribution in [0.5, 0.6) is 0 Å². The van der Waals surface area contributed by atoms with Crippen LogP contribution in [-0.2, 0) is 36.0 Å². The van der Waals surface area contributed by atoms with Crippen molar-refractivity contribution in [2.75, 3.05) is 41.7 Å². The second kappa shape index (κ2) is 12.4. The van der Waals surface area contributed by atoms with E-state index in [0.29, 0.717) is 24.4 Å². The van der Waals surface area contributed by atoms with Gasteiger partial charge in [0, 0.05) is 19.8 Å². The Balaban J connectivity index is 0.000000443. The Morgan fingerprint density at radius 1 is 0.880 bits per heavy atom. The van der Waals surface area contributed by atoms with Crippen molar-refractivity contribution >= 4 is 0 Å². The van der Waals surface area contributed by atoms with Crippen LogP contribution < -0.4 is 10.2 Å². The molecule has 0 spiro atoms. The van der Waals surface area contributed by atoms with Crippen LogP contribution in [0.15, 0.2) is 70.6 Å². The fourth-order valence-electron chi connectivity index (χ4n) is 2.04. The topological polar surface area (TPSA) is 83.0 Å². The zero-order valence-corrected chi connectivity index (χ0v) is 15.8. The standard InChI is InChI=1S/2C9H12O3.Fe/c1-11-6-7-3-4-8(5-7)9(10)12-2;1-11-6-7-4-3-5-8(7)9(10)12-2;/h2*3-5,10H,6H2,1-2H3;/q;;+2/p-2. The molecule has 0 aliphatic heterocycles. The molecule has 2 aliphatic carbocycles. The van der Waals surface area contributed by atoms with Crippen molar-refractivity contribution in [2.24, 2.45) is 0 Å². The summed E-state index contributed by atoms with van der Waals surface area (Å²) < 4.78 is 19.0. The van der Waals surface area contributed by atoms with Crippen molar-refractivity contribution in [1.29, 1.82) is 0 Å². The molecule has 2 rings (SSSR count). The van der Waals surface area contributed by atoms with Crippen LogP contribution >= 0.6 is 0 Å². The van der Waals surface area contributed by atoms with Crippen LogP contribution in [0.25, 0.3) is 0 Å². The van der Waals surface area contributed by atoms with E-state index in [1.807, 2.05) is 12.2 Å². The Hall–Kier alpha value is -1.92. The Morgan fingerprint density at radius 3 is 2.08 bits per heavy atom. The third-order valence-electron chi connectivity index (χ3n) is 3.16. The quantitative estimate of drug-likeness (QED) is 0.490. The van der Waals surface area contributed by atoms with Crippen molar-refractivity contribution in [3.05, 3.63) is 70.6 Å². The summed E-state index contributed by atoms with van der Waals surface area (Å²) in [6, 6.07) is 0. The second-order valence-electron chi connectivity index (χ2n) is 4.82. The number of hydrogen-bond acceptors (Lipinski definition) is 6. The van der Waals surface area contributed by atoms with Crippen molar-refractivity contribution in [2.45, 2.75) is 0 Å². The van der Waals surface area contributed by atoms with Crippen LogP contribution in [0.3, 0.4) is 0 Å². The molecule has 0 heterocycles. The van der Waals surface area contributed by atoms with E-state index in [9.17, 15) is 10.2 Å². The second-order valence-corrected chi connectivity index (χ2v) is 4.82. The minimum Gasteiger partial charge on any atom is -0.616 e. The Kier molecular flexibility index (Phi) is 11.5. The van der Waals surface area contributed by atoms with Crippen LogP contribution in [0.4, 0.5) is 0 Å². The zero-order valence-electron chi connectivity index (χ0n) is 14.7. The molecule has 0 saturated carbocycles. The van der Waals surface area contributed by atoms with E-state index in [2.05, 4.69) is 9.47 Å². The van der Waals surface area contributed by atoms with E-state index in [1.165, 1.54) is 14.2 Å². The number of rotatable bonds is 6. The fourth-order valence-corrected chi connectivity index (χ4v) is 2.04. The first-order chi connectivity index (χ1) is 11.6. The molecular formula is C18H22FeO6. The number of hydrogen-bond donors (Lipinski definition) is 0. The molecule has 0 unspecified atom stereocenters. The molecule has 0 aromatic rings. The van der Waals surface area contributed by atoms with Crippen molar-refractivity contribution in [3.63, 3.8) is 0 Å². The summed E-state index contributed by atoms with van der Waals surface area (Å²) in [6.45, 7) is 0.967. The maximum atomic E-state index is 11.1. The summed E-state index contributed by atoms with van der Waals surface area (Å²) >= 11 is 0. The van der Waals surface area contributed by atoms with Crippen molar-refractivity contribution in [3.8, 4) is 0 Å². The van der Waals surface area contributed by atoms with Gasteiger partial charge in [0.25, 0.3) is 0 Å². The van der Waals surface area contributed by atoms with E-state index < -0.39 is 0 Å². The zero-order chi connectivity index (χ0) is 17.9. The molecule has 138 valence electrons. The van der Waals surface area contributed by atoms with E-state index >= 15 is 0 Å². The van der Waals surface area contributed by atoms with Gasteiger partial charge in [0.2, 0.25) is 0 Å². The first-order valence-corrected chi connectivity index (χ1v) is 7.22. The number of ether oxygens (including phenoxy) is 4. The molecule has 0 N–H and O–H groups in total. The molecule has 0 fully saturated rings. The third-order valence-corrected chi connectivity index (χ3v) is 3.16. The van der Waals surface area contributed by atoms with Gasteiger partial charge in [0.05, 0.1) is 25.1 Å². The SMILES string of the molecule is COCC1=CC(=C([O-])OC)C=C1.COCC1=CC=CC1=C([O-])OC.[Fe+2]. The monoisotopic (exact) mass is 390 g/mol. The van der Waals surface area contributed by atoms with Crippen LogP contribution in [0, 0.1) is 0 Å². The summed E-state index contributed by atoms with van der Waals surface area (Å²) in [7, 11) is 5.94. The van der Waals surface area contributed by atoms with Gasteiger partial charge in [0.15, 0.2) is 0 Å². The summed E-state index contributed by atoms with van der Waals surface area (Å²) in [5.41, 5.74) is 3.01. The molecule has 7 heteroatoms. The van der Waals surface area contributed by atoms with Gasteiger partial charge in [-0.25, -0.2) is 0 Å². The van der Waals surface area contributed by atoms with Crippen LogP contribution in [0.1, 0.15) is 0 Å². The average molecular weight is 390 g/mol. The molecule has 0 aromatic heterocycles. The molecule has 0 radical (unpaired) electrons. The van der Waals surface area contributed by atoms with E-state index in [4.69, 9.17) is 9.47 Å². The number of allylic oxidation sites excluding steroid dienone is 6. The minimum atomic E-state index is -0.313. The molecule has 0 aromatic carbocycles. The first kappa shape index (κ1) is 23.1. The van der Waals surface area contributed by atoms with Gasteiger partial charge in [-0.05, 0) is 37.0 Å². The van der Waals surface area contributed by atoms with Crippen molar-refractivity contribution in [1.82, 2.24) is 0 Å². The number of methoxy groups -OCH3 is 4. The first-order valence-electron chi connectivity index (χ1n) is 7.22. The third kappa shape index (κ3) is 7.23. The van der Waals surface area contributed by atoms with Crippen LogP contribution in [0.2, 0.25) is 0 Å². The predicted octanol–water partition coefficient (Wildman–Crippen LogP) is 0.692. The molecule has 0 bridgehead atoms. The summed E-state index contributed by atoms with van der Waals surface area (Å²) in [5, 5.41) is 22.1. The average Bonchev–Trinajstić information content (AvgIpc) is 3.24. The largest absolute Gasteiger partial charge is 2.00 e. The van der Waals surface area contributed by atoms with Gasteiger partial charge < -0.3 is 29.2 Å². The van der Waals surface area contributed by atoms with Gasteiger partial charge in [0.1, 0.15) is 0 Å². The van der Waals surface area contributed by atoms with Gasteiger partial charge >= 0.3 is 17.1 Å².